The fourth-order valence-corrected chi connectivity index (χ4v) is 4.05. The van der Waals surface area contributed by atoms with Gasteiger partial charge in [-0.3, -0.25) is 4.57 Å². The molecular formula is C12H15F4O2P. The van der Waals surface area contributed by atoms with E-state index in [2.05, 4.69) is 0 Å². The molecule has 2 nitrogen and oxygen atoms in total. The second kappa shape index (κ2) is 6.06. The van der Waals surface area contributed by atoms with Crippen molar-refractivity contribution in [3.8, 4) is 0 Å². The zero-order valence-corrected chi connectivity index (χ0v) is 11.2. The van der Waals surface area contributed by atoms with Crippen LogP contribution in [0.4, 0.5) is 17.6 Å². The summed E-state index contributed by atoms with van der Waals surface area (Å²) in [6.45, 7) is 1.62. The predicted octanol–water partition coefficient (Wildman–Crippen LogP) is 3.84. The summed E-state index contributed by atoms with van der Waals surface area (Å²) < 4.78 is 63.1. The van der Waals surface area contributed by atoms with Crippen LogP contribution in [0.3, 0.4) is 0 Å². The van der Waals surface area contributed by atoms with Crippen LogP contribution < -0.4 is 5.30 Å². The molecule has 1 aromatic rings. The summed E-state index contributed by atoms with van der Waals surface area (Å²) in [4.78, 5) is 9.94. The fourth-order valence-electron chi connectivity index (χ4n) is 1.91. The Kier molecular flexibility index (Phi) is 5.16. The molecule has 0 bridgehead atoms. The van der Waals surface area contributed by atoms with Crippen molar-refractivity contribution in [3.63, 3.8) is 0 Å². The first-order valence-corrected chi connectivity index (χ1v) is 7.55. The van der Waals surface area contributed by atoms with Crippen LogP contribution in [-0.2, 0) is 4.57 Å². The molecule has 0 aliphatic carbocycles. The average Bonchev–Trinajstić information content (AvgIpc) is 2.27. The minimum Gasteiger partial charge on any atom is -0.341 e. The number of benzene rings is 1. The van der Waals surface area contributed by atoms with Gasteiger partial charge >= 0.3 is 6.18 Å². The van der Waals surface area contributed by atoms with E-state index in [0.717, 1.165) is 12.1 Å². The second-order valence-electron chi connectivity index (χ2n) is 4.34. The van der Waals surface area contributed by atoms with E-state index in [-0.39, 0.29) is 6.42 Å². The number of alkyl halides is 3. The lowest BCUT2D eigenvalue weighted by atomic mass is 10.2. The Hall–Kier alpha value is -0.870. The van der Waals surface area contributed by atoms with Gasteiger partial charge in [0, 0.05) is 5.66 Å². The van der Waals surface area contributed by atoms with Gasteiger partial charge in [-0.1, -0.05) is 25.5 Å². The number of rotatable bonds is 5. The lowest BCUT2D eigenvalue weighted by Gasteiger charge is -2.24. The molecule has 1 N–H and O–H groups in total. The highest BCUT2D eigenvalue weighted by atomic mass is 31.2. The lowest BCUT2D eigenvalue weighted by molar-refractivity contribution is -0.135. The summed E-state index contributed by atoms with van der Waals surface area (Å²) in [5.74, 6) is -0.948. The van der Waals surface area contributed by atoms with Crippen LogP contribution in [0.1, 0.15) is 26.2 Å². The molecular weight excluding hydrogens is 283 g/mol. The Morgan fingerprint density at radius 2 is 1.89 bits per heavy atom. The summed E-state index contributed by atoms with van der Waals surface area (Å²) in [5.41, 5.74) is -1.51. The fraction of sp³-hybridized carbons (Fsp3) is 0.500. The third-order valence-corrected chi connectivity index (χ3v) is 5.27. The summed E-state index contributed by atoms with van der Waals surface area (Å²) >= 11 is 0. The van der Waals surface area contributed by atoms with Gasteiger partial charge in [0.15, 0.2) is 0 Å². The Bertz CT molecular complexity index is 473. The number of halogens is 4. The zero-order chi connectivity index (χ0) is 14.7. The topological polar surface area (TPSA) is 37.3 Å². The van der Waals surface area contributed by atoms with Gasteiger partial charge in [-0.15, -0.1) is 0 Å². The van der Waals surface area contributed by atoms with Crippen molar-refractivity contribution in [2.45, 2.75) is 38.0 Å². The number of hydrogen-bond donors (Lipinski definition) is 1. The summed E-state index contributed by atoms with van der Waals surface area (Å²) in [6.07, 6.45) is -5.70. The van der Waals surface area contributed by atoms with E-state index in [1.807, 2.05) is 0 Å². The minimum atomic E-state index is -4.55. The monoisotopic (exact) mass is 298 g/mol. The Balaban J connectivity index is 3.13. The number of hydrogen-bond acceptors (Lipinski definition) is 1. The molecule has 1 rings (SSSR count). The maximum atomic E-state index is 13.5. The van der Waals surface area contributed by atoms with Gasteiger partial charge in [0.05, 0.1) is 11.7 Å². The molecule has 0 heterocycles. The highest BCUT2D eigenvalue weighted by Gasteiger charge is 2.42. The van der Waals surface area contributed by atoms with Crippen molar-refractivity contribution in [2.24, 2.45) is 0 Å². The largest absolute Gasteiger partial charge is 0.389 e. The van der Waals surface area contributed by atoms with E-state index in [0.29, 0.717) is 6.42 Å². The van der Waals surface area contributed by atoms with Crippen LogP contribution in [0.15, 0.2) is 24.3 Å². The van der Waals surface area contributed by atoms with E-state index in [9.17, 15) is 27.0 Å². The Labute approximate surface area is 108 Å². The minimum absolute atomic E-state index is 0.0817. The maximum absolute atomic E-state index is 13.5. The first-order chi connectivity index (χ1) is 8.68. The van der Waals surface area contributed by atoms with Gasteiger partial charge in [0.2, 0.25) is 7.37 Å². The van der Waals surface area contributed by atoms with E-state index >= 15 is 0 Å². The van der Waals surface area contributed by atoms with Crippen molar-refractivity contribution < 1.29 is 27.0 Å². The van der Waals surface area contributed by atoms with Crippen LogP contribution in [0.25, 0.3) is 0 Å². The molecule has 19 heavy (non-hydrogen) atoms. The zero-order valence-electron chi connectivity index (χ0n) is 10.3. The molecule has 0 aromatic heterocycles. The van der Waals surface area contributed by atoms with Crippen LogP contribution in [0, 0.1) is 5.82 Å². The van der Waals surface area contributed by atoms with Gasteiger partial charge in [-0.05, 0) is 18.6 Å². The molecule has 0 radical (unpaired) electrons. The highest BCUT2D eigenvalue weighted by molar-refractivity contribution is 7.66. The molecule has 0 spiro atoms. The summed E-state index contributed by atoms with van der Waals surface area (Å²) in [7, 11) is -4.40. The molecule has 0 saturated heterocycles. The molecule has 0 saturated carbocycles. The molecule has 0 fully saturated rings. The quantitative estimate of drug-likeness (QED) is 0.662. The van der Waals surface area contributed by atoms with Crippen molar-refractivity contribution in [2.75, 3.05) is 0 Å². The molecule has 2 unspecified atom stereocenters. The van der Waals surface area contributed by atoms with Gasteiger partial charge < -0.3 is 4.89 Å². The van der Waals surface area contributed by atoms with Gasteiger partial charge in [0.25, 0.3) is 0 Å². The third kappa shape index (κ3) is 4.32. The Morgan fingerprint density at radius 3 is 2.37 bits per heavy atom. The highest BCUT2D eigenvalue weighted by Crippen LogP contribution is 2.51. The van der Waals surface area contributed by atoms with E-state index < -0.39 is 36.7 Å². The van der Waals surface area contributed by atoms with E-state index in [1.165, 1.54) is 12.1 Å². The molecule has 2 atom stereocenters. The summed E-state index contributed by atoms with van der Waals surface area (Å²) in [5, 5.41) is -0.530. The molecule has 0 amide bonds. The van der Waals surface area contributed by atoms with Crippen LogP contribution in [-0.4, -0.2) is 16.7 Å². The van der Waals surface area contributed by atoms with Crippen molar-refractivity contribution in [3.05, 3.63) is 30.1 Å². The van der Waals surface area contributed by atoms with E-state index in [1.54, 1.807) is 6.92 Å². The molecule has 0 aliphatic rings. The summed E-state index contributed by atoms with van der Waals surface area (Å²) in [6, 6.07) is 4.68. The van der Waals surface area contributed by atoms with Gasteiger partial charge in [0.1, 0.15) is 5.82 Å². The van der Waals surface area contributed by atoms with Crippen LogP contribution in [0.5, 0.6) is 0 Å². The van der Waals surface area contributed by atoms with Crippen LogP contribution in [0.2, 0.25) is 0 Å². The lowest BCUT2D eigenvalue weighted by Crippen LogP contribution is -2.25. The standard InChI is InChI=1S/C12H15F4O2P/c1-2-5-9(8-12(14,15)16)19(17,18)11-7-4-3-6-10(11)13/h3-4,6-7,9H,2,5,8H2,1H3,(H,17,18). The molecule has 0 aliphatic heterocycles. The third-order valence-electron chi connectivity index (χ3n) is 2.78. The van der Waals surface area contributed by atoms with Crippen molar-refractivity contribution in [1.82, 2.24) is 0 Å². The molecule has 1 aromatic carbocycles. The molecule has 7 heteroatoms. The van der Waals surface area contributed by atoms with Crippen LogP contribution >= 0.6 is 7.37 Å². The average molecular weight is 298 g/mol. The SMILES string of the molecule is CCCC(CC(F)(F)F)P(=O)(O)c1ccccc1F. The normalized spacial score (nSPS) is 16.9. The van der Waals surface area contributed by atoms with Crippen molar-refractivity contribution in [1.29, 1.82) is 0 Å². The maximum Gasteiger partial charge on any atom is 0.389 e. The predicted molar refractivity (Wildman–Crippen MR) is 65.2 cm³/mol. The Morgan fingerprint density at radius 1 is 1.32 bits per heavy atom. The van der Waals surface area contributed by atoms with Gasteiger partial charge in [-0.2, -0.15) is 13.2 Å². The first kappa shape index (κ1) is 16.2. The van der Waals surface area contributed by atoms with Gasteiger partial charge in [-0.25, -0.2) is 4.39 Å². The first-order valence-electron chi connectivity index (χ1n) is 5.82. The van der Waals surface area contributed by atoms with E-state index in [4.69, 9.17) is 0 Å². The smallest absolute Gasteiger partial charge is 0.341 e. The van der Waals surface area contributed by atoms with Crippen molar-refractivity contribution >= 4 is 12.7 Å². The second-order valence-corrected chi connectivity index (χ2v) is 6.79. The molecule has 108 valence electrons.